The summed E-state index contributed by atoms with van der Waals surface area (Å²) in [7, 11) is 0. The van der Waals surface area contributed by atoms with Gasteiger partial charge in [0.25, 0.3) is 0 Å². The molecule has 32 heavy (non-hydrogen) atoms. The van der Waals surface area contributed by atoms with Crippen molar-refractivity contribution in [3.63, 3.8) is 0 Å². The molecular weight excluding hydrogens is 413 g/mol. The summed E-state index contributed by atoms with van der Waals surface area (Å²) in [6.07, 6.45) is 3.28. The maximum atomic E-state index is 14.8. The highest BCUT2D eigenvalue weighted by atomic mass is 19.1. The van der Waals surface area contributed by atoms with Gasteiger partial charge in [-0.2, -0.15) is 0 Å². The van der Waals surface area contributed by atoms with E-state index in [1.54, 1.807) is 24.3 Å². The van der Waals surface area contributed by atoms with Crippen LogP contribution in [0.15, 0.2) is 55.1 Å². The topological polar surface area (TPSA) is 139 Å². The molecule has 0 spiro atoms. The maximum Gasteiger partial charge on any atom is 0.248 e. The smallest absolute Gasteiger partial charge is 0.248 e. The number of rotatable bonds is 7. The van der Waals surface area contributed by atoms with Crippen molar-refractivity contribution in [3.05, 3.63) is 66.5 Å². The molecule has 2 amide bonds. The second kappa shape index (κ2) is 8.80. The molecule has 0 aliphatic carbocycles. The number of imidazole rings is 1. The SMILES string of the molecule is CCC(Nc1ncnc2nc[nH]c12)C(=O)Nc1cccc(F)c1-c1cccc(C(N)=O)c1. The summed E-state index contributed by atoms with van der Waals surface area (Å²) in [6.45, 7) is 1.84. The summed E-state index contributed by atoms with van der Waals surface area (Å²) < 4.78 is 14.8. The van der Waals surface area contributed by atoms with Crippen molar-refractivity contribution in [2.45, 2.75) is 19.4 Å². The largest absolute Gasteiger partial charge is 0.366 e. The number of aromatic amines is 1. The number of benzene rings is 2. The van der Waals surface area contributed by atoms with E-state index < -0.39 is 17.8 Å². The lowest BCUT2D eigenvalue weighted by Crippen LogP contribution is -2.34. The Hall–Kier alpha value is -4.34. The van der Waals surface area contributed by atoms with E-state index in [2.05, 4.69) is 30.6 Å². The quantitative estimate of drug-likeness (QED) is 0.353. The van der Waals surface area contributed by atoms with E-state index in [0.29, 0.717) is 29.0 Å². The van der Waals surface area contributed by atoms with Crippen LogP contribution in [0.5, 0.6) is 0 Å². The molecule has 10 heteroatoms. The number of nitrogens with two attached hydrogens (primary N) is 1. The number of nitrogens with zero attached hydrogens (tertiary/aromatic N) is 3. The molecule has 2 aromatic carbocycles. The number of primary amides is 1. The number of hydrogen-bond donors (Lipinski definition) is 4. The zero-order chi connectivity index (χ0) is 22.7. The summed E-state index contributed by atoms with van der Waals surface area (Å²) in [6, 6.07) is 10.00. The first kappa shape index (κ1) is 20.9. The molecule has 0 fully saturated rings. The Bertz CT molecular complexity index is 1300. The molecule has 4 rings (SSSR count). The molecule has 0 saturated heterocycles. The number of amides is 2. The Labute approximate surface area is 182 Å². The van der Waals surface area contributed by atoms with Crippen molar-refractivity contribution in [3.8, 4) is 11.1 Å². The van der Waals surface area contributed by atoms with Crippen LogP contribution in [-0.4, -0.2) is 37.8 Å². The second-order valence-electron chi connectivity index (χ2n) is 7.03. The molecule has 0 saturated carbocycles. The van der Waals surface area contributed by atoms with E-state index in [9.17, 15) is 14.0 Å². The van der Waals surface area contributed by atoms with E-state index in [1.165, 1.54) is 30.9 Å². The fraction of sp³-hybridized carbons (Fsp3) is 0.136. The standard InChI is InChI=1S/C22H20FN7O2/c1-2-15(29-21-18-20(26-10-25-18)27-11-28-21)22(32)30-16-8-4-7-14(23)17(16)12-5-3-6-13(9-12)19(24)31/h3-11,15H,2H2,1H3,(H2,24,31)(H,30,32)(H2,25,26,27,28,29). The molecule has 0 aliphatic rings. The van der Waals surface area contributed by atoms with Crippen molar-refractivity contribution in [1.29, 1.82) is 0 Å². The number of H-pyrrole nitrogens is 1. The van der Waals surface area contributed by atoms with Crippen LogP contribution in [0.2, 0.25) is 0 Å². The van der Waals surface area contributed by atoms with Gasteiger partial charge in [-0.1, -0.05) is 25.1 Å². The highest BCUT2D eigenvalue weighted by molar-refractivity contribution is 6.01. The molecule has 2 aromatic heterocycles. The third-order valence-electron chi connectivity index (χ3n) is 4.97. The fourth-order valence-electron chi connectivity index (χ4n) is 3.36. The van der Waals surface area contributed by atoms with Gasteiger partial charge in [-0.15, -0.1) is 0 Å². The molecule has 0 radical (unpaired) electrons. The van der Waals surface area contributed by atoms with Gasteiger partial charge < -0.3 is 21.4 Å². The normalized spacial score (nSPS) is 11.8. The van der Waals surface area contributed by atoms with Crippen molar-refractivity contribution in [2.24, 2.45) is 5.73 Å². The van der Waals surface area contributed by atoms with Crippen LogP contribution < -0.4 is 16.4 Å². The number of carbonyl (C=O) groups excluding carboxylic acids is 2. The lowest BCUT2D eigenvalue weighted by atomic mass is 10.00. The molecule has 1 unspecified atom stereocenters. The highest BCUT2D eigenvalue weighted by Gasteiger charge is 2.21. The van der Waals surface area contributed by atoms with Gasteiger partial charge in [0.2, 0.25) is 11.8 Å². The summed E-state index contributed by atoms with van der Waals surface area (Å²) >= 11 is 0. The van der Waals surface area contributed by atoms with Gasteiger partial charge in [-0.25, -0.2) is 19.3 Å². The monoisotopic (exact) mass is 433 g/mol. The molecule has 4 aromatic rings. The number of fused-ring (bicyclic) bond motifs is 1. The molecule has 9 nitrogen and oxygen atoms in total. The molecular formula is C22H20FN7O2. The molecule has 0 bridgehead atoms. The van der Waals surface area contributed by atoms with Crippen molar-refractivity contribution in [1.82, 2.24) is 19.9 Å². The van der Waals surface area contributed by atoms with Crippen molar-refractivity contribution < 1.29 is 14.0 Å². The number of nitrogens with one attached hydrogen (secondary N) is 3. The molecule has 1 atom stereocenters. The van der Waals surface area contributed by atoms with Gasteiger partial charge in [0.05, 0.1) is 12.0 Å². The second-order valence-corrected chi connectivity index (χ2v) is 7.03. The van der Waals surface area contributed by atoms with Gasteiger partial charge >= 0.3 is 0 Å². The minimum Gasteiger partial charge on any atom is -0.366 e. The maximum absolute atomic E-state index is 14.8. The third-order valence-corrected chi connectivity index (χ3v) is 4.97. The van der Waals surface area contributed by atoms with Gasteiger partial charge in [0.15, 0.2) is 11.5 Å². The van der Waals surface area contributed by atoms with Crippen LogP contribution in [0.1, 0.15) is 23.7 Å². The van der Waals surface area contributed by atoms with Gasteiger partial charge in [-0.05, 0) is 36.2 Å². The zero-order valence-corrected chi connectivity index (χ0v) is 17.1. The van der Waals surface area contributed by atoms with Crippen LogP contribution in [0, 0.1) is 5.82 Å². The Kier molecular flexibility index (Phi) is 5.75. The first-order valence-corrected chi connectivity index (χ1v) is 9.88. The van der Waals surface area contributed by atoms with Gasteiger partial charge in [0.1, 0.15) is 23.7 Å². The summed E-state index contributed by atoms with van der Waals surface area (Å²) in [5, 5.41) is 5.87. The molecule has 162 valence electrons. The van der Waals surface area contributed by atoms with E-state index in [-0.39, 0.29) is 22.7 Å². The Morgan fingerprint density at radius 1 is 1.16 bits per heavy atom. The first-order chi connectivity index (χ1) is 15.5. The highest BCUT2D eigenvalue weighted by Crippen LogP contribution is 2.31. The molecule has 0 aliphatic heterocycles. The van der Waals surface area contributed by atoms with Crippen LogP contribution in [-0.2, 0) is 4.79 Å². The third kappa shape index (κ3) is 4.10. The number of halogens is 1. The molecule has 2 heterocycles. The first-order valence-electron chi connectivity index (χ1n) is 9.88. The number of carbonyl (C=O) groups is 2. The molecule has 5 N–H and O–H groups in total. The predicted octanol–water partition coefficient (Wildman–Crippen LogP) is 3.09. The Morgan fingerprint density at radius 3 is 2.75 bits per heavy atom. The van der Waals surface area contributed by atoms with Crippen LogP contribution >= 0.6 is 0 Å². The number of hydrogen-bond acceptors (Lipinski definition) is 6. The average Bonchev–Trinajstić information content (AvgIpc) is 3.27. The van der Waals surface area contributed by atoms with Crippen LogP contribution in [0.3, 0.4) is 0 Å². The van der Waals surface area contributed by atoms with Crippen LogP contribution in [0.25, 0.3) is 22.3 Å². The fourth-order valence-corrected chi connectivity index (χ4v) is 3.36. The van der Waals surface area contributed by atoms with Gasteiger partial charge in [-0.3, -0.25) is 9.59 Å². The minimum atomic E-state index is -0.663. The van der Waals surface area contributed by atoms with E-state index in [0.717, 1.165) is 0 Å². The zero-order valence-electron chi connectivity index (χ0n) is 17.1. The Morgan fingerprint density at radius 2 is 1.97 bits per heavy atom. The lowest BCUT2D eigenvalue weighted by molar-refractivity contribution is -0.117. The van der Waals surface area contributed by atoms with Crippen molar-refractivity contribution >= 4 is 34.5 Å². The van der Waals surface area contributed by atoms with E-state index in [4.69, 9.17) is 5.73 Å². The number of anilines is 2. The Balaban J connectivity index is 1.63. The average molecular weight is 433 g/mol. The number of aromatic nitrogens is 4. The van der Waals surface area contributed by atoms with Crippen molar-refractivity contribution in [2.75, 3.05) is 10.6 Å². The predicted molar refractivity (Wildman–Crippen MR) is 118 cm³/mol. The van der Waals surface area contributed by atoms with E-state index in [1.807, 2.05) is 6.92 Å². The summed E-state index contributed by atoms with van der Waals surface area (Å²) in [5.41, 5.74) is 7.50. The minimum absolute atomic E-state index is 0.164. The van der Waals surface area contributed by atoms with Crippen LogP contribution in [0.4, 0.5) is 15.9 Å². The summed E-state index contributed by atoms with van der Waals surface area (Å²) in [5.74, 6) is -1.11. The summed E-state index contributed by atoms with van der Waals surface area (Å²) in [4.78, 5) is 39.9. The van der Waals surface area contributed by atoms with E-state index >= 15 is 0 Å². The van der Waals surface area contributed by atoms with Gasteiger partial charge in [0, 0.05) is 11.1 Å². The lowest BCUT2D eigenvalue weighted by Gasteiger charge is -2.19.